The summed E-state index contributed by atoms with van der Waals surface area (Å²) < 4.78 is 12.8. The largest absolute Gasteiger partial charge is 0.494 e. The summed E-state index contributed by atoms with van der Waals surface area (Å²) in [6.45, 7) is 6.75. The summed E-state index contributed by atoms with van der Waals surface area (Å²) in [7, 11) is 0. The molecule has 6 nitrogen and oxygen atoms in total. The molecule has 6 heteroatoms. The summed E-state index contributed by atoms with van der Waals surface area (Å²) >= 11 is 0. The molecule has 0 radical (unpaired) electrons. The van der Waals surface area contributed by atoms with Crippen molar-refractivity contribution in [2.75, 3.05) is 6.61 Å². The van der Waals surface area contributed by atoms with Gasteiger partial charge in [-0.3, -0.25) is 4.79 Å². The van der Waals surface area contributed by atoms with Crippen molar-refractivity contribution in [2.45, 2.75) is 27.3 Å². The summed E-state index contributed by atoms with van der Waals surface area (Å²) in [5, 5.41) is 12.2. The molecule has 0 atom stereocenters. The zero-order chi connectivity index (χ0) is 20.8. The van der Waals surface area contributed by atoms with E-state index >= 15 is 0 Å². The monoisotopic (exact) mass is 389 g/mol. The minimum absolute atomic E-state index is 0.0449. The number of nitrogens with one attached hydrogen (secondary N) is 1. The molecule has 1 amide bonds. The fraction of sp³-hybridized carbons (Fsp3) is 0.217. The van der Waals surface area contributed by atoms with Gasteiger partial charge in [0.2, 0.25) is 0 Å². The van der Waals surface area contributed by atoms with Gasteiger partial charge in [-0.15, -0.1) is 0 Å². The van der Waals surface area contributed by atoms with Crippen molar-refractivity contribution in [1.82, 2.24) is 9.88 Å². The molecule has 2 heterocycles. The van der Waals surface area contributed by atoms with E-state index in [2.05, 4.69) is 9.88 Å². The Kier molecular flexibility index (Phi) is 6.20. The van der Waals surface area contributed by atoms with Gasteiger partial charge in [0.05, 0.1) is 19.4 Å². The number of nitriles is 1. The van der Waals surface area contributed by atoms with Crippen LogP contribution in [-0.4, -0.2) is 17.1 Å². The molecule has 3 aromatic rings. The summed E-state index contributed by atoms with van der Waals surface area (Å²) in [4.78, 5) is 12.4. The topological polar surface area (TPSA) is 80.2 Å². The van der Waals surface area contributed by atoms with Crippen LogP contribution in [0.1, 0.15) is 29.6 Å². The van der Waals surface area contributed by atoms with Crippen molar-refractivity contribution in [1.29, 1.82) is 5.26 Å². The summed E-state index contributed by atoms with van der Waals surface area (Å²) in [6, 6.07) is 15.3. The number of benzene rings is 1. The number of aryl methyl sites for hydroxylation is 1. The number of nitrogens with zero attached hydrogens (tertiary/aromatic N) is 2. The molecule has 1 aromatic carbocycles. The van der Waals surface area contributed by atoms with E-state index < -0.39 is 5.91 Å². The maximum atomic E-state index is 12.4. The van der Waals surface area contributed by atoms with Gasteiger partial charge in [-0.25, -0.2) is 0 Å². The lowest BCUT2D eigenvalue weighted by Gasteiger charge is -2.11. The highest BCUT2D eigenvalue weighted by Gasteiger charge is 2.14. The molecule has 2 aromatic heterocycles. The Morgan fingerprint density at radius 2 is 2.03 bits per heavy atom. The van der Waals surface area contributed by atoms with Crippen LogP contribution in [0.5, 0.6) is 5.75 Å². The highest BCUT2D eigenvalue weighted by Crippen LogP contribution is 2.24. The van der Waals surface area contributed by atoms with E-state index in [1.54, 1.807) is 18.2 Å². The van der Waals surface area contributed by atoms with E-state index in [-0.39, 0.29) is 12.1 Å². The Balaban J connectivity index is 1.83. The van der Waals surface area contributed by atoms with Gasteiger partial charge < -0.3 is 19.0 Å². The van der Waals surface area contributed by atoms with Crippen molar-refractivity contribution >= 4 is 12.0 Å². The Hall–Kier alpha value is -3.72. The van der Waals surface area contributed by atoms with Gasteiger partial charge in [0.25, 0.3) is 5.91 Å². The van der Waals surface area contributed by atoms with E-state index in [0.717, 1.165) is 28.4 Å². The molecule has 3 rings (SSSR count). The third-order valence-corrected chi connectivity index (χ3v) is 4.54. The second-order valence-corrected chi connectivity index (χ2v) is 6.52. The Morgan fingerprint density at radius 1 is 1.28 bits per heavy atom. The molecule has 0 aliphatic heterocycles. The van der Waals surface area contributed by atoms with Crippen LogP contribution in [0, 0.1) is 25.2 Å². The van der Waals surface area contributed by atoms with Crippen molar-refractivity contribution in [2.24, 2.45) is 0 Å². The average molecular weight is 389 g/mol. The molecule has 0 fully saturated rings. The quantitative estimate of drug-likeness (QED) is 0.482. The van der Waals surface area contributed by atoms with Gasteiger partial charge in [-0.2, -0.15) is 5.26 Å². The normalized spacial score (nSPS) is 11.2. The predicted molar refractivity (Wildman–Crippen MR) is 111 cm³/mol. The predicted octanol–water partition coefficient (Wildman–Crippen LogP) is 4.31. The van der Waals surface area contributed by atoms with Gasteiger partial charge in [-0.1, -0.05) is 0 Å². The lowest BCUT2D eigenvalue weighted by atomic mass is 10.1. The lowest BCUT2D eigenvalue weighted by Crippen LogP contribution is -2.23. The first kappa shape index (κ1) is 20.0. The third-order valence-electron chi connectivity index (χ3n) is 4.54. The van der Waals surface area contributed by atoms with Crippen LogP contribution in [0.4, 0.5) is 0 Å². The SMILES string of the molecule is CCOc1ccc(-n2c(C)cc(C=C(C#N)C(=O)NCc3ccco3)c2C)cc1. The summed E-state index contributed by atoms with van der Waals surface area (Å²) in [5.74, 6) is 1.01. The summed E-state index contributed by atoms with van der Waals surface area (Å²) in [5.41, 5.74) is 3.80. The highest BCUT2D eigenvalue weighted by atomic mass is 16.5. The molecule has 0 aliphatic rings. The van der Waals surface area contributed by atoms with Crippen LogP contribution in [-0.2, 0) is 11.3 Å². The van der Waals surface area contributed by atoms with Gasteiger partial charge in [0.15, 0.2) is 0 Å². The van der Waals surface area contributed by atoms with Crippen LogP contribution in [0.15, 0.2) is 58.7 Å². The van der Waals surface area contributed by atoms with Crippen molar-refractivity contribution in [3.05, 3.63) is 77.0 Å². The van der Waals surface area contributed by atoms with E-state index in [0.29, 0.717) is 12.4 Å². The number of rotatable bonds is 7. The molecule has 1 N–H and O–H groups in total. The smallest absolute Gasteiger partial charge is 0.262 e. The molecule has 0 bridgehead atoms. The molecular weight excluding hydrogens is 366 g/mol. The zero-order valence-corrected chi connectivity index (χ0v) is 16.7. The minimum atomic E-state index is -0.435. The van der Waals surface area contributed by atoms with Gasteiger partial charge in [-0.05, 0) is 74.9 Å². The maximum Gasteiger partial charge on any atom is 0.262 e. The van der Waals surface area contributed by atoms with E-state index in [9.17, 15) is 10.1 Å². The number of ether oxygens (including phenoxy) is 1. The molecule has 0 aliphatic carbocycles. The van der Waals surface area contributed by atoms with Crippen molar-refractivity contribution in [3.8, 4) is 17.5 Å². The first-order valence-corrected chi connectivity index (χ1v) is 9.38. The molecule has 0 unspecified atom stereocenters. The van der Waals surface area contributed by atoms with Crippen molar-refractivity contribution in [3.63, 3.8) is 0 Å². The molecular formula is C23H23N3O3. The lowest BCUT2D eigenvalue weighted by molar-refractivity contribution is -0.117. The molecule has 0 saturated heterocycles. The summed E-state index contributed by atoms with van der Waals surface area (Å²) in [6.07, 6.45) is 3.16. The first-order valence-electron chi connectivity index (χ1n) is 9.38. The molecule has 0 spiro atoms. The second-order valence-electron chi connectivity index (χ2n) is 6.52. The van der Waals surface area contributed by atoms with Crippen LogP contribution >= 0.6 is 0 Å². The number of amides is 1. The Labute approximate surface area is 170 Å². The van der Waals surface area contributed by atoms with E-state index in [1.165, 1.54) is 6.26 Å². The number of hydrogen-bond acceptors (Lipinski definition) is 4. The fourth-order valence-electron chi connectivity index (χ4n) is 3.17. The number of furan rings is 1. The molecule has 148 valence electrons. The minimum Gasteiger partial charge on any atom is -0.494 e. The van der Waals surface area contributed by atoms with Gasteiger partial charge in [0, 0.05) is 17.1 Å². The highest BCUT2D eigenvalue weighted by molar-refractivity contribution is 6.01. The number of carbonyl (C=O) groups is 1. The fourth-order valence-corrected chi connectivity index (χ4v) is 3.17. The van der Waals surface area contributed by atoms with Crippen LogP contribution < -0.4 is 10.1 Å². The van der Waals surface area contributed by atoms with E-state index in [4.69, 9.17) is 9.15 Å². The second kappa shape index (κ2) is 8.98. The maximum absolute atomic E-state index is 12.4. The Morgan fingerprint density at radius 3 is 2.66 bits per heavy atom. The number of carbonyl (C=O) groups excluding carboxylic acids is 1. The van der Waals surface area contributed by atoms with E-state index in [1.807, 2.05) is 57.2 Å². The van der Waals surface area contributed by atoms with Crippen LogP contribution in [0.3, 0.4) is 0 Å². The average Bonchev–Trinajstić information content (AvgIpc) is 3.33. The number of aromatic nitrogens is 1. The first-order chi connectivity index (χ1) is 14.0. The van der Waals surface area contributed by atoms with Gasteiger partial charge in [0.1, 0.15) is 23.2 Å². The number of hydrogen-bond donors (Lipinski definition) is 1. The van der Waals surface area contributed by atoms with Crippen molar-refractivity contribution < 1.29 is 13.9 Å². The third kappa shape index (κ3) is 4.58. The standard InChI is InChI=1S/C23H23N3O3/c1-4-28-21-9-7-20(8-10-21)26-16(2)12-18(17(26)3)13-19(14-24)23(27)25-15-22-6-5-11-29-22/h5-13H,4,15H2,1-3H3,(H,25,27). The van der Waals surface area contributed by atoms with Crippen LogP contribution in [0.25, 0.3) is 11.8 Å². The molecule has 29 heavy (non-hydrogen) atoms. The van der Waals surface area contributed by atoms with Crippen LogP contribution in [0.2, 0.25) is 0 Å². The zero-order valence-electron chi connectivity index (χ0n) is 16.7. The molecule has 0 saturated carbocycles. The van der Waals surface area contributed by atoms with Gasteiger partial charge >= 0.3 is 0 Å². The Bertz CT molecular complexity index is 1050.